The van der Waals surface area contributed by atoms with Gasteiger partial charge in [0.15, 0.2) is 22.6 Å². The fraction of sp³-hybridized carbons (Fsp3) is 0.333. The predicted octanol–water partition coefficient (Wildman–Crippen LogP) is 3.68. The van der Waals surface area contributed by atoms with Crippen LogP contribution in [0.25, 0.3) is 10.2 Å². The van der Waals surface area contributed by atoms with E-state index in [1.54, 1.807) is 12.3 Å². The van der Waals surface area contributed by atoms with Crippen molar-refractivity contribution in [2.24, 2.45) is 11.8 Å². The quantitative estimate of drug-likeness (QED) is 0.683. The molecule has 0 radical (unpaired) electrons. The molecule has 2 saturated heterocycles. The van der Waals surface area contributed by atoms with Crippen molar-refractivity contribution >= 4 is 32.5 Å². The SMILES string of the molecule is Fc1cc(F)c2nc(N3CC4CN(c5ncccc5F)CC4C3)sc2c1. The lowest BCUT2D eigenvalue weighted by Gasteiger charge is -2.22. The summed E-state index contributed by atoms with van der Waals surface area (Å²) >= 11 is 1.31. The first-order valence-corrected chi connectivity index (χ1v) is 9.26. The number of rotatable bonds is 2. The van der Waals surface area contributed by atoms with Crippen LogP contribution in [0.2, 0.25) is 0 Å². The molecule has 0 saturated carbocycles. The lowest BCUT2D eigenvalue weighted by Crippen LogP contribution is -2.29. The molecular weight excluding hydrogens is 361 g/mol. The number of thiazole rings is 1. The van der Waals surface area contributed by atoms with Crippen molar-refractivity contribution in [1.82, 2.24) is 9.97 Å². The highest BCUT2D eigenvalue weighted by Gasteiger charge is 2.41. The van der Waals surface area contributed by atoms with Crippen LogP contribution in [-0.4, -0.2) is 36.1 Å². The van der Waals surface area contributed by atoms with E-state index in [9.17, 15) is 13.2 Å². The van der Waals surface area contributed by atoms with Crippen LogP contribution in [0, 0.1) is 29.3 Å². The van der Waals surface area contributed by atoms with Crippen LogP contribution in [0.5, 0.6) is 0 Å². The van der Waals surface area contributed by atoms with Crippen LogP contribution in [0.15, 0.2) is 30.5 Å². The van der Waals surface area contributed by atoms with Crippen molar-refractivity contribution in [3.8, 4) is 0 Å². The highest BCUT2D eigenvalue weighted by molar-refractivity contribution is 7.22. The number of hydrogen-bond donors (Lipinski definition) is 0. The molecule has 2 aliphatic rings. The monoisotopic (exact) mass is 376 g/mol. The summed E-state index contributed by atoms with van der Waals surface area (Å²) in [5.74, 6) is -0.343. The van der Waals surface area contributed by atoms with E-state index in [0.29, 0.717) is 22.4 Å². The smallest absolute Gasteiger partial charge is 0.186 e. The van der Waals surface area contributed by atoms with E-state index >= 15 is 0 Å². The summed E-state index contributed by atoms with van der Waals surface area (Å²) in [6.45, 7) is 3.03. The van der Waals surface area contributed by atoms with Gasteiger partial charge in [0.1, 0.15) is 11.3 Å². The molecule has 4 nitrogen and oxygen atoms in total. The maximum absolute atomic E-state index is 14.0. The third kappa shape index (κ3) is 2.51. The normalized spacial score (nSPS) is 22.4. The van der Waals surface area contributed by atoms with Gasteiger partial charge < -0.3 is 9.80 Å². The maximum Gasteiger partial charge on any atom is 0.186 e. The number of hydrogen-bond acceptors (Lipinski definition) is 5. The average Bonchev–Trinajstić information content (AvgIpc) is 3.27. The average molecular weight is 376 g/mol. The Morgan fingerprint density at radius 3 is 2.42 bits per heavy atom. The third-order valence-corrected chi connectivity index (χ3v) is 6.26. The molecule has 3 aromatic rings. The molecule has 0 spiro atoms. The fourth-order valence-corrected chi connectivity index (χ4v) is 5.04. The second-order valence-corrected chi connectivity index (χ2v) is 7.88. The molecule has 4 heterocycles. The van der Waals surface area contributed by atoms with Crippen molar-refractivity contribution in [2.45, 2.75) is 0 Å². The second kappa shape index (κ2) is 5.84. The van der Waals surface area contributed by atoms with Crippen LogP contribution in [0.4, 0.5) is 24.1 Å². The topological polar surface area (TPSA) is 32.3 Å². The van der Waals surface area contributed by atoms with Gasteiger partial charge in [0.25, 0.3) is 0 Å². The number of nitrogens with zero attached hydrogens (tertiary/aromatic N) is 4. The third-order valence-electron chi connectivity index (χ3n) is 5.20. The van der Waals surface area contributed by atoms with Gasteiger partial charge in [-0.3, -0.25) is 0 Å². The van der Waals surface area contributed by atoms with Crippen LogP contribution in [0.3, 0.4) is 0 Å². The van der Waals surface area contributed by atoms with Crippen molar-refractivity contribution in [1.29, 1.82) is 0 Å². The van der Waals surface area contributed by atoms with E-state index in [1.165, 1.54) is 23.5 Å². The zero-order valence-electron chi connectivity index (χ0n) is 13.7. The summed E-state index contributed by atoms with van der Waals surface area (Å²) < 4.78 is 41.8. The molecule has 2 aromatic heterocycles. The lowest BCUT2D eigenvalue weighted by atomic mass is 10.0. The van der Waals surface area contributed by atoms with Gasteiger partial charge in [0.05, 0.1) is 4.70 Å². The Morgan fingerprint density at radius 1 is 0.962 bits per heavy atom. The highest BCUT2D eigenvalue weighted by Crippen LogP contribution is 2.39. The summed E-state index contributed by atoms with van der Waals surface area (Å²) in [7, 11) is 0. The minimum atomic E-state index is -0.626. The van der Waals surface area contributed by atoms with Crippen molar-refractivity contribution in [3.05, 3.63) is 47.9 Å². The number of fused-ring (bicyclic) bond motifs is 2. The van der Waals surface area contributed by atoms with E-state index in [4.69, 9.17) is 0 Å². The molecule has 2 aliphatic heterocycles. The molecule has 1 aromatic carbocycles. The Kier molecular flexibility index (Phi) is 3.56. The standard InChI is InChI=1S/C18H15F3N4S/c19-12-4-14(21)16-15(5-12)26-18(23-16)25-8-10-6-24(7-11(10)9-25)17-13(20)2-1-3-22-17/h1-5,10-11H,6-9H2. The van der Waals surface area contributed by atoms with E-state index in [-0.39, 0.29) is 11.3 Å². The van der Waals surface area contributed by atoms with Crippen LogP contribution in [-0.2, 0) is 0 Å². The Hall–Kier alpha value is -2.35. The molecule has 0 aliphatic carbocycles. The zero-order valence-corrected chi connectivity index (χ0v) is 14.5. The summed E-state index contributed by atoms with van der Waals surface area (Å²) in [4.78, 5) is 12.7. The van der Waals surface area contributed by atoms with E-state index < -0.39 is 11.6 Å². The van der Waals surface area contributed by atoms with E-state index in [0.717, 1.165) is 37.4 Å². The zero-order chi connectivity index (χ0) is 17.8. The summed E-state index contributed by atoms with van der Waals surface area (Å²) in [6, 6.07) is 5.20. The van der Waals surface area contributed by atoms with Gasteiger partial charge in [0, 0.05) is 50.3 Å². The number of anilines is 2. The van der Waals surface area contributed by atoms with Crippen LogP contribution in [0.1, 0.15) is 0 Å². The molecule has 0 N–H and O–H groups in total. The Morgan fingerprint density at radius 2 is 1.69 bits per heavy atom. The van der Waals surface area contributed by atoms with Crippen molar-refractivity contribution in [2.75, 3.05) is 36.0 Å². The molecule has 8 heteroatoms. The molecule has 0 amide bonds. The Bertz CT molecular complexity index is 978. The van der Waals surface area contributed by atoms with Crippen molar-refractivity contribution in [3.63, 3.8) is 0 Å². The second-order valence-electron chi connectivity index (χ2n) is 6.87. The molecule has 26 heavy (non-hydrogen) atoms. The molecule has 2 fully saturated rings. The summed E-state index contributed by atoms with van der Waals surface area (Å²) in [5, 5.41) is 0.717. The highest BCUT2D eigenvalue weighted by atomic mass is 32.1. The van der Waals surface area contributed by atoms with Gasteiger partial charge in [-0.25, -0.2) is 23.1 Å². The van der Waals surface area contributed by atoms with Gasteiger partial charge in [-0.1, -0.05) is 11.3 Å². The Balaban J connectivity index is 1.35. The van der Waals surface area contributed by atoms with Gasteiger partial charge in [-0.2, -0.15) is 0 Å². The van der Waals surface area contributed by atoms with Crippen molar-refractivity contribution < 1.29 is 13.2 Å². The largest absolute Gasteiger partial charge is 0.353 e. The first-order valence-electron chi connectivity index (χ1n) is 8.44. The number of pyridine rings is 1. The molecule has 2 unspecified atom stereocenters. The van der Waals surface area contributed by atoms with Gasteiger partial charge >= 0.3 is 0 Å². The lowest BCUT2D eigenvalue weighted by molar-refractivity contribution is 0.533. The van der Waals surface area contributed by atoms with Crippen LogP contribution >= 0.6 is 11.3 Å². The molecule has 5 rings (SSSR count). The summed E-state index contributed by atoms with van der Waals surface area (Å²) in [6.07, 6.45) is 1.60. The minimum Gasteiger partial charge on any atom is -0.353 e. The number of halogens is 3. The minimum absolute atomic E-state index is 0.223. The Labute approximate surface area is 151 Å². The molecule has 0 bridgehead atoms. The van der Waals surface area contributed by atoms with E-state index in [1.807, 2.05) is 4.90 Å². The number of benzene rings is 1. The predicted molar refractivity (Wildman–Crippen MR) is 95.1 cm³/mol. The molecular formula is C18H15F3N4S. The number of aromatic nitrogens is 2. The van der Waals surface area contributed by atoms with Gasteiger partial charge in [-0.05, 0) is 18.2 Å². The van der Waals surface area contributed by atoms with Gasteiger partial charge in [0.2, 0.25) is 0 Å². The van der Waals surface area contributed by atoms with Crippen LogP contribution < -0.4 is 9.80 Å². The fourth-order valence-electron chi connectivity index (χ4n) is 4.01. The summed E-state index contributed by atoms with van der Waals surface area (Å²) in [5.41, 5.74) is 0.223. The maximum atomic E-state index is 14.0. The van der Waals surface area contributed by atoms with E-state index in [2.05, 4.69) is 14.9 Å². The molecule has 2 atom stereocenters. The first-order chi connectivity index (χ1) is 12.6. The van der Waals surface area contributed by atoms with Gasteiger partial charge in [-0.15, -0.1) is 0 Å². The molecule has 134 valence electrons. The first kappa shape index (κ1) is 15.9.